The van der Waals surface area contributed by atoms with Gasteiger partial charge >= 0.3 is 0 Å². The number of anilines is 2. The van der Waals surface area contributed by atoms with Crippen LogP contribution in [-0.4, -0.2) is 100 Å². The molecular weight excluding hydrogens is 440 g/mol. The van der Waals surface area contributed by atoms with Crippen LogP contribution in [0.2, 0.25) is 5.02 Å². The third-order valence-corrected chi connectivity index (χ3v) is 7.18. The number of nitrogens with one attached hydrogen (secondary N) is 1. The Morgan fingerprint density at radius 1 is 1.03 bits per heavy atom. The van der Waals surface area contributed by atoms with Crippen LogP contribution in [0.1, 0.15) is 18.4 Å². The zero-order chi connectivity index (χ0) is 22.8. The molecule has 0 bridgehead atoms. The molecule has 1 aliphatic carbocycles. The first-order valence-corrected chi connectivity index (χ1v) is 12.4. The van der Waals surface area contributed by atoms with E-state index in [1.165, 1.54) is 31.1 Å². The summed E-state index contributed by atoms with van der Waals surface area (Å²) in [5.41, 5.74) is 5.28. The summed E-state index contributed by atoms with van der Waals surface area (Å²) in [5, 5.41) is 15.5. The van der Waals surface area contributed by atoms with E-state index in [2.05, 4.69) is 48.3 Å². The van der Waals surface area contributed by atoms with Crippen molar-refractivity contribution in [1.82, 2.24) is 29.7 Å². The average Bonchev–Trinajstić information content (AvgIpc) is 3.57. The normalized spacial score (nSPS) is 21.2. The van der Waals surface area contributed by atoms with Gasteiger partial charge in [-0.3, -0.25) is 30.0 Å². The number of hydrogen-bond acceptors (Lipinski definition) is 8. The molecule has 1 saturated carbocycles. The second kappa shape index (κ2) is 10.2. The molecule has 10 heteroatoms. The second-order valence-electron chi connectivity index (χ2n) is 9.45. The fourth-order valence-corrected chi connectivity index (χ4v) is 5.12. The minimum absolute atomic E-state index is 0.631. The lowest BCUT2D eigenvalue weighted by molar-refractivity contribution is -0.0390. The van der Waals surface area contributed by atoms with Crippen molar-refractivity contribution in [2.75, 3.05) is 69.7 Å². The number of hydrogen-bond donors (Lipinski definition) is 2. The standard InChI is InChI=1S/C23H35ClN8O/c1-27(33)25-23-6-7-32(26-23)18-29-10-8-28(9-11-29)17-19-2-5-21(24)22(16-19)31-14-12-30(13-15-31)20-3-4-20/h2,5-7,16,20,33H,3-4,8-15,17-18H2,1H3,(H,25,26). The monoisotopic (exact) mass is 474 g/mol. The fourth-order valence-electron chi connectivity index (χ4n) is 4.88. The first kappa shape index (κ1) is 22.9. The van der Waals surface area contributed by atoms with Crippen molar-refractivity contribution in [2.45, 2.75) is 32.1 Å². The highest BCUT2D eigenvalue weighted by Crippen LogP contribution is 2.31. The van der Waals surface area contributed by atoms with Gasteiger partial charge in [-0.1, -0.05) is 17.7 Å². The predicted octanol–water partition coefficient (Wildman–Crippen LogP) is 2.24. The Bertz CT molecular complexity index is 917. The van der Waals surface area contributed by atoms with Crippen LogP contribution in [0.3, 0.4) is 0 Å². The van der Waals surface area contributed by atoms with Crippen LogP contribution in [0.15, 0.2) is 30.5 Å². The van der Waals surface area contributed by atoms with Gasteiger partial charge < -0.3 is 4.90 Å². The molecule has 180 valence electrons. The third-order valence-electron chi connectivity index (χ3n) is 6.86. The lowest BCUT2D eigenvalue weighted by Gasteiger charge is -2.37. The SMILES string of the molecule is CN(O)Nc1ccn(CN2CCN(Cc3ccc(Cl)c(N4CCN(C5CC5)CC4)c3)CC2)n1. The van der Waals surface area contributed by atoms with Crippen LogP contribution < -0.4 is 10.3 Å². The molecule has 1 aromatic carbocycles. The van der Waals surface area contributed by atoms with Gasteiger partial charge in [-0.15, -0.1) is 5.17 Å². The van der Waals surface area contributed by atoms with Gasteiger partial charge in [-0.25, -0.2) is 0 Å². The van der Waals surface area contributed by atoms with Gasteiger partial charge in [-0.05, 0) is 30.5 Å². The number of hydroxylamine groups is 1. The smallest absolute Gasteiger partial charge is 0.164 e. The first-order valence-electron chi connectivity index (χ1n) is 12.0. The molecule has 0 spiro atoms. The van der Waals surface area contributed by atoms with Gasteiger partial charge in [0, 0.05) is 84.3 Å². The van der Waals surface area contributed by atoms with E-state index < -0.39 is 0 Å². The third kappa shape index (κ3) is 5.98. The van der Waals surface area contributed by atoms with Gasteiger partial charge in [0.15, 0.2) is 5.82 Å². The highest BCUT2D eigenvalue weighted by atomic mass is 35.5. The summed E-state index contributed by atoms with van der Waals surface area (Å²) in [7, 11) is 1.52. The molecule has 0 amide bonds. The summed E-state index contributed by atoms with van der Waals surface area (Å²) in [6, 6.07) is 9.25. The Morgan fingerprint density at radius 2 is 1.76 bits per heavy atom. The Labute approximate surface area is 201 Å². The summed E-state index contributed by atoms with van der Waals surface area (Å²) >= 11 is 6.60. The zero-order valence-electron chi connectivity index (χ0n) is 19.4. The van der Waals surface area contributed by atoms with Crippen LogP contribution in [0, 0.1) is 0 Å². The second-order valence-corrected chi connectivity index (χ2v) is 9.86. The molecule has 0 unspecified atom stereocenters. The maximum Gasteiger partial charge on any atom is 0.164 e. The Hall–Kier alpha value is -1.88. The minimum Gasteiger partial charge on any atom is -0.368 e. The van der Waals surface area contributed by atoms with Crippen molar-refractivity contribution < 1.29 is 5.21 Å². The quantitative estimate of drug-likeness (QED) is 0.565. The molecule has 0 atom stereocenters. The van der Waals surface area contributed by atoms with Crippen molar-refractivity contribution in [3.63, 3.8) is 0 Å². The van der Waals surface area contributed by atoms with E-state index in [1.807, 2.05) is 16.9 Å². The summed E-state index contributed by atoms with van der Waals surface area (Å²) in [4.78, 5) is 10.0. The molecule has 0 radical (unpaired) electrons. The Kier molecular flexibility index (Phi) is 7.05. The number of halogens is 1. The van der Waals surface area contributed by atoms with Gasteiger partial charge in [0.25, 0.3) is 0 Å². The van der Waals surface area contributed by atoms with Gasteiger partial charge in [-0.2, -0.15) is 5.10 Å². The van der Waals surface area contributed by atoms with E-state index in [0.717, 1.165) is 81.8 Å². The molecule has 2 aromatic rings. The zero-order valence-corrected chi connectivity index (χ0v) is 20.2. The number of rotatable bonds is 8. The molecule has 5 rings (SSSR count). The van der Waals surface area contributed by atoms with E-state index >= 15 is 0 Å². The van der Waals surface area contributed by atoms with E-state index in [1.54, 1.807) is 0 Å². The van der Waals surface area contributed by atoms with Crippen LogP contribution in [0.25, 0.3) is 0 Å². The fraction of sp³-hybridized carbons (Fsp3) is 0.609. The largest absolute Gasteiger partial charge is 0.368 e. The molecule has 3 aliphatic rings. The first-order chi connectivity index (χ1) is 16.0. The number of hydrazine groups is 1. The van der Waals surface area contributed by atoms with Gasteiger partial charge in [0.2, 0.25) is 0 Å². The van der Waals surface area contributed by atoms with E-state index in [4.69, 9.17) is 11.6 Å². The Balaban J connectivity index is 1.11. The summed E-state index contributed by atoms with van der Waals surface area (Å²) in [5.74, 6) is 0.631. The lowest BCUT2D eigenvalue weighted by atomic mass is 10.1. The van der Waals surface area contributed by atoms with Crippen molar-refractivity contribution in [3.05, 3.63) is 41.0 Å². The maximum absolute atomic E-state index is 9.27. The van der Waals surface area contributed by atoms with Gasteiger partial charge in [0.1, 0.15) is 0 Å². The van der Waals surface area contributed by atoms with Crippen LogP contribution >= 0.6 is 11.6 Å². The molecule has 1 aromatic heterocycles. The lowest BCUT2D eigenvalue weighted by Crippen LogP contribution is -2.47. The van der Waals surface area contributed by atoms with Crippen LogP contribution in [0.4, 0.5) is 11.5 Å². The highest BCUT2D eigenvalue weighted by Gasteiger charge is 2.31. The number of aromatic nitrogens is 2. The Morgan fingerprint density at radius 3 is 2.45 bits per heavy atom. The van der Waals surface area contributed by atoms with E-state index in [-0.39, 0.29) is 0 Å². The molecule has 2 N–H and O–H groups in total. The average molecular weight is 475 g/mol. The number of nitrogens with zero attached hydrogens (tertiary/aromatic N) is 7. The minimum atomic E-state index is 0.631. The van der Waals surface area contributed by atoms with Crippen LogP contribution in [0.5, 0.6) is 0 Å². The van der Waals surface area contributed by atoms with Gasteiger partial charge in [0.05, 0.1) is 17.4 Å². The molecule has 33 heavy (non-hydrogen) atoms. The van der Waals surface area contributed by atoms with Crippen molar-refractivity contribution >= 4 is 23.1 Å². The molecule has 9 nitrogen and oxygen atoms in total. The molecular formula is C23H35ClN8O. The predicted molar refractivity (Wildman–Crippen MR) is 131 cm³/mol. The highest BCUT2D eigenvalue weighted by molar-refractivity contribution is 6.33. The summed E-state index contributed by atoms with van der Waals surface area (Å²) in [6.45, 7) is 10.2. The number of benzene rings is 1. The molecule has 3 fully saturated rings. The van der Waals surface area contributed by atoms with Crippen LogP contribution in [-0.2, 0) is 13.2 Å². The maximum atomic E-state index is 9.27. The topological polar surface area (TPSA) is 66.3 Å². The van der Waals surface area contributed by atoms with E-state index in [0.29, 0.717) is 5.82 Å². The van der Waals surface area contributed by atoms with Crippen molar-refractivity contribution in [3.8, 4) is 0 Å². The molecule has 3 heterocycles. The summed E-state index contributed by atoms with van der Waals surface area (Å²) in [6.07, 6.45) is 4.69. The molecule has 2 aliphatic heterocycles. The van der Waals surface area contributed by atoms with E-state index in [9.17, 15) is 5.21 Å². The molecule has 2 saturated heterocycles. The van der Waals surface area contributed by atoms with Crippen molar-refractivity contribution in [1.29, 1.82) is 0 Å². The van der Waals surface area contributed by atoms with Crippen molar-refractivity contribution in [2.24, 2.45) is 0 Å². The summed E-state index contributed by atoms with van der Waals surface area (Å²) < 4.78 is 1.90. The number of piperazine rings is 2.